The fraction of sp³-hybridized carbons (Fsp3) is 0.381. The van der Waals surface area contributed by atoms with E-state index in [0.29, 0.717) is 19.1 Å². The molecule has 6 nitrogen and oxygen atoms in total. The van der Waals surface area contributed by atoms with Crippen molar-refractivity contribution in [2.24, 2.45) is 5.92 Å². The molecule has 1 aliphatic rings. The van der Waals surface area contributed by atoms with Crippen LogP contribution in [0.4, 0.5) is 4.79 Å². The Bertz CT molecular complexity index is 908. The van der Waals surface area contributed by atoms with Crippen LogP contribution in [0.5, 0.6) is 5.75 Å². The van der Waals surface area contributed by atoms with Gasteiger partial charge in [0.15, 0.2) is 0 Å². The highest BCUT2D eigenvalue weighted by atomic mass is 32.1. The monoisotopic (exact) mass is 397 g/mol. The number of piperidine rings is 1. The summed E-state index contributed by atoms with van der Waals surface area (Å²) >= 11 is 1.49. The number of hydrogen-bond acceptors (Lipinski definition) is 6. The Morgan fingerprint density at radius 1 is 1.25 bits per heavy atom. The Kier molecular flexibility index (Phi) is 6.01. The number of fused-ring (bicyclic) bond motifs is 1. The lowest BCUT2D eigenvalue weighted by molar-refractivity contribution is 0.0807. The zero-order valence-corrected chi connectivity index (χ0v) is 16.4. The van der Waals surface area contributed by atoms with Gasteiger partial charge in [-0.1, -0.05) is 6.07 Å². The average molecular weight is 398 g/mol. The van der Waals surface area contributed by atoms with Gasteiger partial charge >= 0.3 is 6.09 Å². The first kappa shape index (κ1) is 18.7. The van der Waals surface area contributed by atoms with Crippen LogP contribution in [0.2, 0.25) is 0 Å². The quantitative estimate of drug-likeness (QED) is 0.612. The van der Waals surface area contributed by atoms with Crippen LogP contribution in [0.1, 0.15) is 24.1 Å². The molecular formula is C21H23N3O3S. The fourth-order valence-corrected chi connectivity index (χ4v) is 3.93. The van der Waals surface area contributed by atoms with Gasteiger partial charge in [-0.15, -0.1) is 11.3 Å². The number of hydrogen-bond donors (Lipinski definition) is 0. The molecule has 0 spiro atoms. The number of amides is 1. The molecule has 0 saturated carbocycles. The first-order chi connectivity index (χ1) is 13.8. The normalized spacial score (nSPS) is 14.9. The van der Waals surface area contributed by atoms with Crippen molar-refractivity contribution in [1.29, 1.82) is 0 Å². The van der Waals surface area contributed by atoms with Crippen molar-refractivity contribution in [3.05, 3.63) is 53.1 Å². The average Bonchev–Trinajstić information content (AvgIpc) is 3.26. The topological polar surface area (TPSA) is 64.5 Å². The van der Waals surface area contributed by atoms with E-state index in [1.165, 1.54) is 11.3 Å². The molecule has 3 heterocycles. The summed E-state index contributed by atoms with van der Waals surface area (Å²) in [7, 11) is 0. The van der Waals surface area contributed by atoms with Crippen molar-refractivity contribution < 1.29 is 14.3 Å². The molecule has 1 aliphatic heterocycles. The van der Waals surface area contributed by atoms with Crippen LogP contribution >= 0.6 is 11.3 Å². The molecule has 1 amide bonds. The van der Waals surface area contributed by atoms with Crippen molar-refractivity contribution >= 4 is 28.3 Å². The first-order valence-electron chi connectivity index (χ1n) is 9.54. The molecule has 1 aromatic carbocycles. The molecule has 0 unspecified atom stereocenters. The Morgan fingerprint density at radius 3 is 2.96 bits per heavy atom. The molecule has 28 heavy (non-hydrogen) atoms. The Hall–Kier alpha value is -2.67. The third-order valence-corrected chi connectivity index (χ3v) is 5.82. The molecule has 0 aliphatic carbocycles. The van der Waals surface area contributed by atoms with Crippen LogP contribution in [0.15, 0.2) is 48.2 Å². The van der Waals surface area contributed by atoms with Crippen LogP contribution in [0.3, 0.4) is 0 Å². The van der Waals surface area contributed by atoms with E-state index in [-0.39, 0.29) is 6.09 Å². The predicted molar refractivity (Wildman–Crippen MR) is 108 cm³/mol. The van der Waals surface area contributed by atoms with Crippen molar-refractivity contribution in [3.8, 4) is 5.75 Å². The summed E-state index contributed by atoms with van der Waals surface area (Å²) in [5.74, 6) is 1.43. The molecule has 4 rings (SSSR count). The zero-order valence-electron chi connectivity index (χ0n) is 15.6. The number of benzene rings is 1. The van der Waals surface area contributed by atoms with Gasteiger partial charge in [-0.3, -0.25) is 9.97 Å². The molecule has 1 fully saturated rings. The van der Waals surface area contributed by atoms with Crippen molar-refractivity contribution in [2.45, 2.75) is 25.9 Å². The number of nitrogens with zero attached hydrogens (tertiary/aromatic N) is 3. The second-order valence-electron chi connectivity index (χ2n) is 6.95. The number of ether oxygens (including phenoxy) is 2. The van der Waals surface area contributed by atoms with Gasteiger partial charge in [0.1, 0.15) is 12.4 Å². The Morgan fingerprint density at radius 2 is 2.14 bits per heavy atom. The van der Waals surface area contributed by atoms with Crippen LogP contribution in [-0.4, -0.2) is 40.7 Å². The van der Waals surface area contributed by atoms with Gasteiger partial charge in [0.05, 0.1) is 22.5 Å². The Balaban J connectivity index is 1.17. The molecule has 1 saturated heterocycles. The van der Waals surface area contributed by atoms with E-state index in [1.807, 2.05) is 30.3 Å². The van der Waals surface area contributed by atoms with E-state index in [1.54, 1.807) is 22.8 Å². The standard InChI is InChI=1S/C21H23N3O3S/c25-21(27-14-19-13-22-15-28-19)24-9-5-16(6-10-24)7-11-26-18-4-3-17-2-1-8-23-20(17)12-18/h1-4,8,12-13,15-16H,5-7,9-11,14H2. The maximum Gasteiger partial charge on any atom is 0.410 e. The van der Waals surface area contributed by atoms with Gasteiger partial charge in [0.2, 0.25) is 0 Å². The highest BCUT2D eigenvalue weighted by molar-refractivity contribution is 7.09. The number of rotatable bonds is 6. The van der Waals surface area contributed by atoms with Gasteiger partial charge in [-0.2, -0.15) is 0 Å². The van der Waals surface area contributed by atoms with Gasteiger partial charge in [-0.05, 0) is 43.4 Å². The summed E-state index contributed by atoms with van der Waals surface area (Å²) in [6.07, 6.45) is 6.25. The summed E-state index contributed by atoms with van der Waals surface area (Å²) in [5.41, 5.74) is 2.69. The maximum absolute atomic E-state index is 12.2. The highest BCUT2D eigenvalue weighted by Gasteiger charge is 2.23. The SMILES string of the molecule is O=C(OCc1cncs1)N1CCC(CCOc2ccc3cccnc3c2)CC1. The zero-order chi connectivity index (χ0) is 19.2. The third-order valence-electron chi connectivity index (χ3n) is 5.07. The number of carbonyl (C=O) groups is 1. The minimum atomic E-state index is -0.230. The predicted octanol–water partition coefficient (Wildman–Crippen LogP) is 4.51. The molecule has 7 heteroatoms. The Labute approximate surface area is 168 Å². The van der Waals surface area contributed by atoms with E-state index >= 15 is 0 Å². The summed E-state index contributed by atoms with van der Waals surface area (Å²) in [6, 6.07) is 9.99. The van der Waals surface area contributed by atoms with Crippen LogP contribution < -0.4 is 4.74 Å². The number of carbonyl (C=O) groups excluding carboxylic acids is 1. The summed E-state index contributed by atoms with van der Waals surface area (Å²) in [5, 5.41) is 1.12. The number of aromatic nitrogens is 2. The molecular weight excluding hydrogens is 374 g/mol. The molecule has 0 atom stereocenters. The van der Waals surface area contributed by atoms with Gasteiger partial charge < -0.3 is 14.4 Å². The second kappa shape index (κ2) is 9.01. The van der Waals surface area contributed by atoms with E-state index < -0.39 is 0 Å². The second-order valence-corrected chi connectivity index (χ2v) is 7.92. The lowest BCUT2D eigenvalue weighted by Gasteiger charge is -2.31. The van der Waals surface area contributed by atoms with Crippen molar-refractivity contribution in [2.75, 3.05) is 19.7 Å². The third kappa shape index (κ3) is 4.78. The smallest absolute Gasteiger partial charge is 0.410 e. The maximum atomic E-state index is 12.2. The van der Waals surface area contributed by atoms with Crippen molar-refractivity contribution in [3.63, 3.8) is 0 Å². The van der Waals surface area contributed by atoms with Crippen LogP contribution in [-0.2, 0) is 11.3 Å². The van der Waals surface area contributed by atoms with Gasteiger partial charge in [0.25, 0.3) is 0 Å². The molecule has 0 bridgehead atoms. The molecule has 2 aromatic heterocycles. The van der Waals surface area contributed by atoms with Crippen LogP contribution in [0, 0.1) is 5.92 Å². The lowest BCUT2D eigenvalue weighted by Crippen LogP contribution is -2.39. The highest BCUT2D eigenvalue weighted by Crippen LogP contribution is 2.23. The minimum absolute atomic E-state index is 0.230. The fourth-order valence-electron chi connectivity index (χ4n) is 3.42. The van der Waals surface area contributed by atoms with E-state index in [4.69, 9.17) is 9.47 Å². The largest absolute Gasteiger partial charge is 0.494 e. The summed E-state index contributed by atoms with van der Waals surface area (Å²) in [6.45, 7) is 2.47. The number of likely N-dealkylation sites (tertiary alicyclic amines) is 1. The molecule has 146 valence electrons. The van der Waals surface area contributed by atoms with E-state index in [9.17, 15) is 4.79 Å². The van der Waals surface area contributed by atoms with Gasteiger partial charge in [0, 0.05) is 36.9 Å². The molecule has 0 radical (unpaired) electrons. The van der Waals surface area contributed by atoms with Gasteiger partial charge in [-0.25, -0.2) is 4.79 Å². The van der Waals surface area contributed by atoms with Crippen molar-refractivity contribution in [1.82, 2.24) is 14.9 Å². The summed E-state index contributed by atoms with van der Waals surface area (Å²) < 4.78 is 11.3. The van der Waals surface area contributed by atoms with Crippen LogP contribution in [0.25, 0.3) is 10.9 Å². The molecule has 0 N–H and O–H groups in total. The van der Waals surface area contributed by atoms with E-state index in [0.717, 1.165) is 53.9 Å². The number of thiazole rings is 1. The summed E-state index contributed by atoms with van der Waals surface area (Å²) in [4.78, 5) is 23.3. The minimum Gasteiger partial charge on any atom is -0.494 e. The first-order valence-corrected chi connectivity index (χ1v) is 10.4. The lowest BCUT2D eigenvalue weighted by atomic mass is 9.94. The number of pyridine rings is 1. The van der Waals surface area contributed by atoms with E-state index in [2.05, 4.69) is 9.97 Å². The molecule has 3 aromatic rings.